The molecular formula is C16H12F4N6O4S. The highest BCUT2D eigenvalue weighted by molar-refractivity contribution is 7.88. The molecule has 1 amide bonds. The summed E-state index contributed by atoms with van der Waals surface area (Å²) >= 11 is 0. The minimum Gasteiger partial charge on any atom is -0.376 e. The maximum absolute atomic E-state index is 13.8. The first kappa shape index (κ1) is 22.1. The smallest absolute Gasteiger partial charge is 0.376 e. The normalized spacial score (nSPS) is 12.9. The van der Waals surface area contributed by atoms with E-state index in [0.717, 1.165) is 0 Å². The fourth-order valence-corrected chi connectivity index (χ4v) is 2.80. The van der Waals surface area contributed by atoms with Crippen LogP contribution in [0, 0.1) is 5.82 Å². The molecule has 10 nitrogen and oxygen atoms in total. The van der Waals surface area contributed by atoms with E-state index >= 15 is 0 Å². The van der Waals surface area contributed by atoms with Gasteiger partial charge in [0.1, 0.15) is 17.9 Å². The number of carbonyl (C=O) groups is 1. The summed E-state index contributed by atoms with van der Waals surface area (Å²) < 4.78 is 78.6. The lowest BCUT2D eigenvalue weighted by molar-refractivity contribution is -0.0500. The molecule has 164 valence electrons. The van der Waals surface area contributed by atoms with Crippen LogP contribution in [0.3, 0.4) is 0 Å². The van der Waals surface area contributed by atoms with Crippen molar-refractivity contribution in [3.05, 3.63) is 60.2 Å². The quantitative estimate of drug-likeness (QED) is 0.336. The molecule has 0 saturated heterocycles. The Morgan fingerprint density at radius 3 is 2.48 bits per heavy atom. The summed E-state index contributed by atoms with van der Waals surface area (Å²) in [4.78, 5) is 24.5. The zero-order chi connectivity index (χ0) is 22.8. The number of hydrogen-bond acceptors (Lipinski definition) is 8. The van der Waals surface area contributed by atoms with Crippen molar-refractivity contribution in [3.8, 4) is 11.7 Å². The Bertz CT molecular complexity index is 1200. The van der Waals surface area contributed by atoms with Crippen molar-refractivity contribution < 1.29 is 35.0 Å². The number of hydrogen-bond donors (Lipinski definition) is 1. The van der Waals surface area contributed by atoms with Gasteiger partial charge in [-0.15, -0.1) is 0 Å². The molecule has 1 N–H and O–H groups in total. The Morgan fingerprint density at radius 1 is 1.16 bits per heavy atom. The number of rotatable bonds is 6. The molecule has 0 bridgehead atoms. The molecule has 0 aliphatic carbocycles. The second kappa shape index (κ2) is 8.25. The number of alkyl halides is 3. The zero-order valence-electron chi connectivity index (χ0n) is 15.4. The molecule has 0 aliphatic heterocycles. The van der Waals surface area contributed by atoms with Crippen LogP contribution in [0.25, 0.3) is 5.95 Å². The lowest BCUT2D eigenvalue weighted by atomic mass is 10.2. The number of aromatic nitrogens is 5. The van der Waals surface area contributed by atoms with E-state index in [1.807, 2.05) is 0 Å². The maximum Gasteiger partial charge on any atom is 0.534 e. The lowest BCUT2D eigenvalue weighted by Gasteiger charge is -2.15. The van der Waals surface area contributed by atoms with Crippen LogP contribution in [0.2, 0.25) is 0 Å². The molecule has 1 aromatic carbocycles. The van der Waals surface area contributed by atoms with Gasteiger partial charge in [0.05, 0.1) is 6.04 Å². The number of carbonyl (C=O) groups excluding carboxylic acids is 1. The molecule has 0 fully saturated rings. The highest BCUT2D eigenvalue weighted by Gasteiger charge is 2.48. The molecule has 1 atom stereocenters. The standard InChI is InChI=1S/C16H12F4N6O4S/c1-9(13-23-8-24-26(13)15-21-3-2-4-22-15)25-14(27)10-5-11(17)7-12(6-10)30-31(28,29)16(18,19)20/h2-9H,1H3,(H,25,27). The van der Waals surface area contributed by atoms with Gasteiger partial charge in [-0.3, -0.25) is 4.79 Å². The van der Waals surface area contributed by atoms with Crippen molar-refractivity contribution in [2.24, 2.45) is 0 Å². The molecular weight excluding hydrogens is 448 g/mol. The molecule has 2 aromatic heterocycles. The van der Waals surface area contributed by atoms with Gasteiger partial charge in [0.2, 0.25) is 0 Å². The summed E-state index contributed by atoms with van der Waals surface area (Å²) in [5.41, 5.74) is -6.21. The van der Waals surface area contributed by atoms with E-state index in [-0.39, 0.29) is 11.8 Å². The van der Waals surface area contributed by atoms with Crippen LogP contribution in [-0.2, 0) is 10.1 Å². The first-order valence-electron chi connectivity index (χ1n) is 8.27. The summed E-state index contributed by atoms with van der Waals surface area (Å²) in [6.07, 6.45) is 4.10. The summed E-state index contributed by atoms with van der Waals surface area (Å²) in [6.45, 7) is 1.51. The maximum atomic E-state index is 13.8. The summed E-state index contributed by atoms with van der Waals surface area (Å²) in [5.74, 6) is -2.78. The number of benzene rings is 1. The van der Waals surface area contributed by atoms with Crippen molar-refractivity contribution in [1.29, 1.82) is 0 Å². The molecule has 15 heteroatoms. The highest BCUT2D eigenvalue weighted by atomic mass is 32.2. The van der Waals surface area contributed by atoms with E-state index < -0.39 is 44.7 Å². The summed E-state index contributed by atoms with van der Waals surface area (Å²) in [7, 11) is -6.04. The van der Waals surface area contributed by atoms with Crippen LogP contribution in [0.5, 0.6) is 5.75 Å². The molecule has 0 saturated carbocycles. The SMILES string of the molecule is CC(NC(=O)c1cc(F)cc(OS(=O)(=O)C(F)(F)F)c1)c1ncnn1-c1ncccn1. The molecule has 0 spiro atoms. The van der Waals surface area contributed by atoms with Gasteiger partial charge in [0.25, 0.3) is 11.9 Å². The van der Waals surface area contributed by atoms with Gasteiger partial charge < -0.3 is 9.50 Å². The first-order chi connectivity index (χ1) is 14.5. The Morgan fingerprint density at radius 2 is 1.84 bits per heavy atom. The topological polar surface area (TPSA) is 129 Å². The van der Waals surface area contributed by atoms with Crippen molar-refractivity contribution in [1.82, 2.24) is 30.0 Å². The Balaban J connectivity index is 1.82. The summed E-state index contributed by atoms with van der Waals surface area (Å²) in [5, 5.41) is 6.40. The van der Waals surface area contributed by atoms with Gasteiger partial charge in [-0.1, -0.05) is 0 Å². The van der Waals surface area contributed by atoms with E-state index in [1.165, 1.54) is 30.3 Å². The van der Waals surface area contributed by atoms with Crippen molar-refractivity contribution >= 4 is 16.0 Å². The van der Waals surface area contributed by atoms with Gasteiger partial charge in [0, 0.05) is 24.0 Å². The van der Waals surface area contributed by atoms with Crippen LogP contribution in [0.4, 0.5) is 17.6 Å². The molecule has 31 heavy (non-hydrogen) atoms. The van der Waals surface area contributed by atoms with E-state index in [2.05, 4.69) is 29.6 Å². The Hall–Kier alpha value is -3.62. The monoisotopic (exact) mass is 460 g/mol. The van der Waals surface area contributed by atoms with Crippen LogP contribution in [0.1, 0.15) is 29.1 Å². The van der Waals surface area contributed by atoms with Gasteiger partial charge in [0.15, 0.2) is 5.82 Å². The fraction of sp³-hybridized carbons (Fsp3) is 0.188. The Kier molecular flexibility index (Phi) is 5.88. The third-order valence-corrected chi connectivity index (χ3v) is 4.65. The average molecular weight is 460 g/mol. The molecule has 1 unspecified atom stereocenters. The molecule has 3 aromatic rings. The van der Waals surface area contributed by atoms with Crippen molar-refractivity contribution in [2.75, 3.05) is 0 Å². The third kappa shape index (κ3) is 4.93. The van der Waals surface area contributed by atoms with E-state index in [4.69, 9.17) is 0 Å². The number of nitrogens with one attached hydrogen (secondary N) is 1. The van der Waals surface area contributed by atoms with Gasteiger partial charge >= 0.3 is 15.6 Å². The lowest BCUT2D eigenvalue weighted by Crippen LogP contribution is -2.30. The van der Waals surface area contributed by atoms with Crippen molar-refractivity contribution in [3.63, 3.8) is 0 Å². The zero-order valence-corrected chi connectivity index (χ0v) is 16.2. The molecule has 0 radical (unpaired) electrons. The third-order valence-electron chi connectivity index (χ3n) is 3.67. The van der Waals surface area contributed by atoms with Crippen molar-refractivity contribution in [2.45, 2.75) is 18.5 Å². The van der Waals surface area contributed by atoms with E-state index in [9.17, 15) is 30.8 Å². The fourth-order valence-electron chi connectivity index (χ4n) is 2.36. The molecule has 3 rings (SSSR count). The second-order valence-electron chi connectivity index (χ2n) is 5.93. The van der Waals surface area contributed by atoms with Crippen LogP contribution < -0.4 is 9.50 Å². The van der Waals surface area contributed by atoms with Gasteiger partial charge in [-0.25, -0.2) is 19.3 Å². The number of nitrogens with zero attached hydrogens (tertiary/aromatic N) is 5. The average Bonchev–Trinajstić information content (AvgIpc) is 3.17. The van der Waals surface area contributed by atoms with E-state index in [0.29, 0.717) is 18.2 Å². The second-order valence-corrected chi connectivity index (χ2v) is 7.47. The number of halogens is 4. The minimum atomic E-state index is -6.04. The first-order valence-corrected chi connectivity index (χ1v) is 9.68. The molecule has 0 aliphatic rings. The van der Waals surface area contributed by atoms with Gasteiger partial charge in [-0.2, -0.15) is 31.4 Å². The Labute approximate surface area is 172 Å². The van der Waals surface area contributed by atoms with Gasteiger partial charge in [-0.05, 0) is 25.1 Å². The predicted molar refractivity (Wildman–Crippen MR) is 94.8 cm³/mol. The van der Waals surface area contributed by atoms with Crippen LogP contribution in [0.15, 0.2) is 43.0 Å². The van der Waals surface area contributed by atoms with Crippen LogP contribution >= 0.6 is 0 Å². The minimum absolute atomic E-state index is 0.162. The summed E-state index contributed by atoms with van der Waals surface area (Å²) in [6, 6.07) is 2.49. The van der Waals surface area contributed by atoms with E-state index in [1.54, 1.807) is 6.07 Å². The highest BCUT2D eigenvalue weighted by Crippen LogP contribution is 2.28. The molecule has 2 heterocycles. The van der Waals surface area contributed by atoms with Crippen LogP contribution in [-0.4, -0.2) is 44.6 Å². The largest absolute Gasteiger partial charge is 0.534 e. The predicted octanol–water partition coefficient (Wildman–Crippen LogP) is 1.92. The number of amides is 1.